The van der Waals surface area contributed by atoms with Crippen LogP contribution in [0.25, 0.3) is 0 Å². The molecular formula is C14H26O2. The SMILES string of the molecule is CC[C@H]1CC[C@@H](CC(=O)OC(C)(C)C)CC1. The maximum atomic E-state index is 11.7. The first-order chi connectivity index (χ1) is 7.40. The zero-order valence-electron chi connectivity index (χ0n) is 11.2. The van der Waals surface area contributed by atoms with Crippen LogP contribution in [0.2, 0.25) is 0 Å². The summed E-state index contributed by atoms with van der Waals surface area (Å²) in [6, 6.07) is 0. The first kappa shape index (κ1) is 13.5. The van der Waals surface area contributed by atoms with Crippen molar-refractivity contribution in [2.75, 3.05) is 0 Å². The summed E-state index contributed by atoms with van der Waals surface area (Å²) >= 11 is 0. The molecule has 1 aliphatic carbocycles. The Bertz CT molecular complexity index is 219. The number of ether oxygens (including phenoxy) is 1. The number of esters is 1. The van der Waals surface area contributed by atoms with E-state index in [1.54, 1.807) is 0 Å². The van der Waals surface area contributed by atoms with E-state index in [1.807, 2.05) is 20.8 Å². The predicted molar refractivity (Wildman–Crippen MR) is 66.2 cm³/mol. The zero-order chi connectivity index (χ0) is 12.2. The lowest BCUT2D eigenvalue weighted by atomic mass is 9.79. The van der Waals surface area contributed by atoms with Crippen molar-refractivity contribution in [3.05, 3.63) is 0 Å². The van der Waals surface area contributed by atoms with E-state index in [0.717, 1.165) is 5.92 Å². The topological polar surface area (TPSA) is 26.3 Å². The van der Waals surface area contributed by atoms with Gasteiger partial charge in [0.1, 0.15) is 5.60 Å². The number of hydrogen-bond acceptors (Lipinski definition) is 2. The van der Waals surface area contributed by atoms with Gasteiger partial charge in [0.05, 0.1) is 0 Å². The van der Waals surface area contributed by atoms with Gasteiger partial charge in [-0.3, -0.25) is 4.79 Å². The van der Waals surface area contributed by atoms with Crippen molar-refractivity contribution in [2.45, 2.75) is 71.8 Å². The first-order valence-electron chi connectivity index (χ1n) is 6.62. The molecule has 1 aliphatic rings. The third kappa shape index (κ3) is 5.00. The van der Waals surface area contributed by atoms with E-state index in [1.165, 1.54) is 32.1 Å². The molecule has 0 saturated heterocycles. The van der Waals surface area contributed by atoms with Crippen LogP contribution in [0, 0.1) is 11.8 Å². The summed E-state index contributed by atoms with van der Waals surface area (Å²) in [5, 5.41) is 0. The first-order valence-corrected chi connectivity index (χ1v) is 6.62. The quantitative estimate of drug-likeness (QED) is 0.681. The van der Waals surface area contributed by atoms with E-state index in [-0.39, 0.29) is 11.6 Å². The third-order valence-electron chi connectivity index (χ3n) is 3.42. The monoisotopic (exact) mass is 226 g/mol. The average Bonchev–Trinajstić information content (AvgIpc) is 2.16. The highest BCUT2D eigenvalue weighted by Gasteiger charge is 2.24. The maximum absolute atomic E-state index is 11.7. The minimum Gasteiger partial charge on any atom is -0.460 e. The average molecular weight is 226 g/mol. The Morgan fingerprint density at radius 2 is 1.62 bits per heavy atom. The fourth-order valence-electron chi connectivity index (χ4n) is 2.46. The van der Waals surface area contributed by atoms with Gasteiger partial charge in [0.15, 0.2) is 0 Å². The molecule has 0 aromatic heterocycles. The predicted octanol–water partition coefficient (Wildman–Crippen LogP) is 3.93. The fourth-order valence-corrected chi connectivity index (χ4v) is 2.46. The molecule has 0 aromatic rings. The van der Waals surface area contributed by atoms with E-state index < -0.39 is 0 Å². The second-order valence-electron chi connectivity index (χ2n) is 6.09. The lowest BCUT2D eigenvalue weighted by Crippen LogP contribution is -2.26. The van der Waals surface area contributed by atoms with Crippen LogP contribution in [-0.4, -0.2) is 11.6 Å². The van der Waals surface area contributed by atoms with Crippen LogP contribution >= 0.6 is 0 Å². The number of rotatable bonds is 3. The van der Waals surface area contributed by atoms with Crippen molar-refractivity contribution >= 4 is 5.97 Å². The van der Waals surface area contributed by atoms with Gasteiger partial charge in [0.2, 0.25) is 0 Å². The van der Waals surface area contributed by atoms with Crippen molar-refractivity contribution in [1.29, 1.82) is 0 Å². The highest BCUT2D eigenvalue weighted by Crippen LogP contribution is 2.32. The van der Waals surface area contributed by atoms with Crippen LogP contribution in [0.5, 0.6) is 0 Å². The molecule has 0 spiro atoms. The standard InChI is InChI=1S/C14H26O2/c1-5-11-6-8-12(9-7-11)10-13(15)16-14(2,3)4/h11-12H,5-10H2,1-4H3/t11-,12+. The lowest BCUT2D eigenvalue weighted by molar-refractivity contribution is -0.156. The fraction of sp³-hybridized carbons (Fsp3) is 0.929. The highest BCUT2D eigenvalue weighted by molar-refractivity contribution is 5.70. The number of hydrogen-bond donors (Lipinski definition) is 0. The summed E-state index contributed by atoms with van der Waals surface area (Å²) < 4.78 is 5.35. The normalized spacial score (nSPS) is 26.5. The van der Waals surface area contributed by atoms with Gasteiger partial charge in [-0.1, -0.05) is 26.2 Å². The molecule has 0 aromatic carbocycles. The molecular weight excluding hydrogens is 200 g/mol. The van der Waals surface area contributed by atoms with Crippen LogP contribution < -0.4 is 0 Å². The van der Waals surface area contributed by atoms with Gasteiger partial charge in [0.25, 0.3) is 0 Å². The van der Waals surface area contributed by atoms with E-state index >= 15 is 0 Å². The third-order valence-corrected chi connectivity index (χ3v) is 3.42. The van der Waals surface area contributed by atoms with Gasteiger partial charge in [0, 0.05) is 6.42 Å². The van der Waals surface area contributed by atoms with Gasteiger partial charge in [-0.2, -0.15) is 0 Å². The van der Waals surface area contributed by atoms with E-state index in [9.17, 15) is 4.79 Å². The molecule has 94 valence electrons. The molecule has 2 nitrogen and oxygen atoms in total. The number of carbonyl (C=O) groups is 1. The maximum Gasteiger partial charge on any atom is 0.306 e. The van der Waals surface area contributed by atoms with Crippen LogP contribution in [0.3, 0.4) is 0 Å². The lowest BCUT2D eigenvalue weighted by Gasteiger charge is -2.28. The Morgan fingerprint density at radius 3 is 2.06 bits per heavy atom. The van der Waals surface area contributed by atoms with Gasteiger partial charge < -0.3 is 4.74 Å². The van der Waals surface area contributed by atoms with Crippen molar-refractivity contribution < 1.29 is 9.53 Å². The smallest absolute Gasteiger partial charge is 0.306 e. The summed E-state index contributed by atoms with van der Waals surface area (Å²) in [7, 11) is 0. The Hall–Kier alpha value is -0.530. The Kier molecular flexibility index (Phi) is 4.82. The van der Waals surface area contributed by atoms with Crippen LogP contribution in [0.4, 0.5) is 0 Å². The molecule has 0 bridgehead atoms. The summed E-state index contributed by atoms with van der Waals surface area (Å²) in [6.45, 7) is 8.05. The molecule has 1 rings (SSSR count). The molecule has 0 radical (unpaired) electrons. The van der Waals surface area contributed by atoms with Crippen LogP contribution in [0.1, 0.15) is 66.2 Å². The van der Waals surface area contributed by atoms with E-state index in [0.29, 0.717) is 12.3 Å². The second kappa shape index (κ2) is 5.70. The largest absolute Gasteiger partial charge is 0.460 e. The highest BCUT2D eigenvalue weighted by atomic mass is 16.6. The van der Waals surface area contributed by atoms with Gasteiger partial charge in [-0.25, -0.2) is 0 Å². The zero-order valence-corrected chi connectivity index (χ0v) is 11.2. The van der Waals surface area contributed by atoms with Gasteiger partial charge in [-0.05, 0) is 45.4 Å². The Balaban J connectivity index is 2.26. The second-order valence-corrected chi connectivity index (χ2v) is 6.09. The minimum atomic E-state index is -0.336. The molecule has 0 N–H and O–H groups in total. The molecule has 0 heterocycles. The van der Waals surface area contributed by atoms with Gasteiger partial charge in [-0.15, -0.1) is 0 Å². The Morgan fingerprint density at radius 1 is 1.12 bits per heavy atom. The van der Waals surface area contributed by atoms with E-state index in [4.69, 9.17) is 4.74 Å². The summed E-state index contributed by atoms with van der Waals surface area (Å²) in [6.07, 6.45) is 6.91. The summed E-state index contributed by atoms with van der Waals surface area (Å²) in [5.74, 6) is 1.44. The molecule has 16 heavy (non-hydrogen) atoms. The number of carbonyl (C=O) groups excluding carboxylic acids is 1. The van der Waals surface area contributed by atoms with Crippen molar-refractivity contribution in [3.63, 3.8) is 0 Å². The summed E-state index contributed by atoms with van der Waals surface area (Å²) in [5.41, 5.74) is -0.336. The van der Waals surface area contributed by atoms with Crippen LogP contribution in [-0.2, 0) is 9.53 Å². The minimum absolute atomic E-state index is 0.0209. The molecule has 0 unspecified atom stereocenters. The van der Waals surface area contributed by atoms with Crippen molar-refractivity contribution in [3.8, 4) is 0 Å². The molecule has 0 atom stereocenters. The summed E-state index contributed by atoms with van der Waals surface area (Å²) in [4.78, 5) is 11.7. The van der Waals surface area contributed by atoms with E-state index in [2.05, 4.69) is 6.92 Å². The van der Waals surface area contributed by atoms with Crippen LogP contribution in [0.15, 0.2) is 0 Å². The molecule has 0 aliphatic heterocycles. The molecule has 1 saturated carbocycles. The molecule has 0 amide bonds. The van der Waals surface area contributed by atoms with Gasteiger partial charge >= 0.3 is 5.97 Å². The van der Waals surface area contributed by atoms with Crippen molar-refractivity contribution in [1.82, 2.24) is 0 Å². The molecule has 2 heteroatoms. The Labute approximate surface area is 99.8 Å². The molecule has 1 fully saturated rings. The van der Waals surface area contributed by atoms with Crippen molar-refractivity contribution in [2.24, 2.45) is 11.8 Å².